The number of allylic oxidation sites excluding steroid dienone is 9. The highest BCUT2D eigenvalue weighted by atomic mass is 14.5. The van der Waals surface area contributed by atoms with Crippen LogP contribution in [0.3, 0.4) is 0 Å². The fraction of sp³-hybridized carbons (Fsp3) is 0.500. The average molecular weight is 285 g/mol. The van der Waals surface area contributed by atoms with E-state index < -0.39 is 0 Å². The lowest BCUT2D eigenvalue weighted by molar-refractivity contribution is 0.517. The Morgan fingerprint density at radius 3 is 2.57 bits per heavy atom. The minimum Gasteiger partial charge on any atom is -0.327 e. The Morgan fingerprint density at radius 1 is 1.24 bits per heavy atom. The maximum Gasteiger partial charge on any atom is 0.0112 e. The molecule has 1 rings (SSSR count). The predicted molar refractivity (Wildman–Crippen MR) is 95.2 cm³/mol. The van der Waals surface area contributed by atoms with E-state index >= 15 is 0 Å². The molecule has 2 N–H and O–H groups in total. The first kappa shape index (κ1) is 17.7. The molecule has 0 atom stereocenters. The van der Waals surface area contributed by atoms with Crippen molar-refractivity contribution in [3.63, 3.8) is 0 Å². The van der Waals surface area contributed by atoms with Gasteiger partial charge in [-0.25, -0.2) is 0 Å². The molecule has 0 aliphatic heterocycles. The number of nitrogens with two attached hydrogens (primary N) is 1. The molecule has 1 aliphatic rings. The molecule has 0 aromatic rings. The van der Waals surface area contributed by atoms with Crippen LogP contribution in [0.4, 0.5) is 0 Å². The van der Waals surface area contributed by atoms with Crippen molar-refractivity contribution in [3.8, 4) is 0 Å². The van der Waals surface area contributed by atoms with E-state index in [0.29, 0.717) is 6.54 Å². The molecular weight excluding hydrogens is 254 g/mol. The maximum atomic E-state index is 5.52. The van der Waals surface area contributed by atoms with E-state index in [4.69, 9.17) is 5.73 Å². The summed E-state index contributed by atoms with van der Waals surface area (Å²) in [6.07, 6.45) is 20.6. The van der Waals surface area contributed by atoms with Crippen LogP contribution in [0.15, 0.2) is 59.3 Å². The highest BCUT2D eigenvalue weighted by Crippen LogP contribution is 2.28. The van der Waals surface area contributed by atoms with Crippen molar-refractivity contribution in [2.24, 2.45) is 11.1 Å². The van der Waals surface area contributed by atoms with Gasteiger partial charge in [0.2, 0.25) is 0 Å². The van der Waals surface area contributed by atoms with Crippen LogP contribution in [-0.2, 0) is 0 Å². The first-order chi connectivity index (χ1) is 9.93. The molecule has 0 aromatic carbocycles. The van der Waals surface area contributed by atoms with Gasteiger partial charge in [0.05, 0.1) is 0 Å². The molecule has 1 aliphatic carbocycles. The van der Waals surface area contributed by atoms with Gasteiger partial charge in [-0.3, -0.25) is 0 Å². The number of hydrogen-bond acceptors (Lipinski definition) is 1. The van der Waals surface area contributed by atoms with E-state index in [-0.39, 0.29) is 5.41 Å². The Balaban J connectivity index is 2.83. The van der Waals surface area contributed by atoms with Gasteiger partial charge < -0.3 is 5.73 Å². The van der Waals surface area contributed by atoms with Crippen LogP contribution < -0.4 is 5.73 Å². The molecule has 0 bridgehead atoms. The molecule has 0 heterocycles. The Hall–Kier alpha value is -1.34. The average Bonchev–Trinajstić information content (AvgIpc) is 2.42. The summed E-state index contributed by atoms with van der Waals surface area (Å²) in [6, 6.07) is 0. The van der Waals surface area contributed by atoms with Crippen molar-refractivity contribution in [1.29, 1.82) is 0 Å². The molecule has 116 valence electrons. The van der Waals surface area contributed by atoms with Gasteiger partial charge in [0, 0.05) is 6.54 Å². The number of rotatable bonds is 5. The second-order valence-electron chi connectivity index (χ2n) is 6.77. The van der Waals surface area contributed by atoms with Gasteiger partial charge >= 0.3 is 0 Å². The summed E-state index contributed by atoms with van der Waals surface area (Å²) in [5, 5.41) is 0. The molecular formula is C20H31N. The standard InChI is InChI=1S/C20H31N/c1-17(15-16-21)9-8-12-19(20(2,3)4)14-13-18-10-6-5-7-11-18/h8-10,12-15H,5-7,11,16,21H2,1-4H3/b9-8+,14-13+,17-15+,19-12-. The smallest absolute Gasteiger partial charge is 0.0112 e. The van der Waals surface area contributed by atoms with Crippen LogP contribution in [0.5, 0.6) is 0 Å². The first-order valence-corrected chi connectivity index (χ1v) is 8.06. The van der Waals surface area contributed by atoms with E-state index in [1.807, 2.05) is 6.08 Å². The summed E-state index contributed by atoms with van der Waals surface area (Å²) in [6.45, 7) is 9.45. The summed E-state index contributed by atoms with van der Waals surface area (Å²) >= 11 is 0. The quantitative estimate of drug-likeness (QED) is 0.665. The highest BCUT2D eigenvalue weighted by molar-refractivity contribution is 5.35. The monoisotopic (exact) mass is 285 g/mol. The molecule has 1 nitrogen and oxygen atoms in total. The van der Waals surface area contributed by atoms with E-state index in [1.54, 1.807) is 0 Å². The lowest BCUT2D eigenvalue weighted by Gasteiger charge is -2.20. The van der Waals surface area contributed by atoms with E-state index in [9.17, 15) is 0 Å². The van der Waals surface area contributed by atoms with Crippen molar-refractivity contribution in [2.75, 3.05) is 6.54 Å². The van der Waals surface area contributed by atoms with Gasteiger partial charge in [-0.2, -0.15) is 0 Å². The van der Waals surface area contributed by atoms with Crippen molar-refractivity contribution in [3.05, 3.63) is 59.3 Å². The first-order valence-electron chi connectivity index (χ1n) is 8.06. The van der Waals surface area contributed by atoms with Crippen LogP contribution in [0.2, 0.25) is 0 Å². The second-order valence-corrected chi connectivity index (χ2v) is 6.77. The Labute approximate surface area is 131 Å². The van der Waals surface area contributed by atoms with E-state index in [2.05, 4.69) is 64.2 Å². The Kier molecular flexibility index (Phi) is 7.45. The lowest BCUT2D eigenvalue weighted by Crippen LogP contribution is -2.07. The van der Waals surface area contributed by atoms with Crippen LogP contribution in [-0.4, -0.2) is 6.54 Å². The molecule has 1 heteroatoms. The third-order valence-electron chi connectivity index (χ3n) is 3.74. The lowest BCUT2D eigenvalue weighted by atomic mass is 9.85. The largest absolute Gasteiger partial charge is 0.327 e. The normalized spacial score (nSPS) is 18.6. The molecule has 0 radical (unpaired) electrons. The third-order valence-corrected chi connectivity index (χ3v) is 3.74. The molecule has 0 amide bonds. The third kappa shape index (κ3) is 7.29. The van der Waals surface area contributed by atoms with Crippen molar-refractivity contribution in [1.82, 2.24) is 0 Å². The maximum absolute atomic E-state index is 5.52. The fourth-order valence-electron chi connectivity index (χ4n) is 2.32. The fourth-order valence-corrected chi connectivity index (χ4v) is 2.32. The molecule has 0 unspecified atom stereocenters. The van der Waals surface area contributed by atoms with E-state index in [0.717, 1.165) is 0 Å². The van der Waals surface area contributed by atoms with Gasteiger partial charge in [-0.15, -0.1) is 0 Å². The second kappa shape index (κ2) is 8.84. The topological polar surface area (TPSA) is 26.0 Å². The van der Waals surface area contributed by atoms with Gasteiger partial charge in [0.25, 0.3) is 0 Å². The van der Waals surface area contributed by atoms with Crippen LogP contribution in [0.1, 0.15) is 53.4 Å². The number of hydrogen-bond donors (Lipinski definition) is 1. The summed E-state index contributed by atoms with van der Waals surface area (Å²) in [7, 11) is 0. The molecule has 0 spiro atoms. The van der Waals surface area contributed by atoms with Gasteiger partial charge in [-0.05, 0) is 43.6 Å². The van der Waals surface area contributed by atoms with Gasteiger partial charge in [0.15, 0.2) is 0 Å². The van der Waals surface area contributed by atoms with E-state index in [1.165, 1.54) is 42.4 Å². The molecule has 0 saturated carbocycles. The molecule has 0 saturated heterocycles. The summed E-state index contributed by atoms with van der Waals surface area (Å²) < 4.78 is 0. The zero-order valence-corrected chi connectivity index (χ0v) is 14.2. The summed E-state index contributed by atoms with van der Waals surface area (Å²) in [5.74, 6) is 0. The molecule has 0 fully saturated rings. The van der Waals surface area contributed by atoms with Crippen LogP contribution >= 0.6 is 0 Å². The highest BCUT2D eigenvalue weighted by Gasteiger charge is 2.13. The van der Waals surface area contributed by atoms with Crippen molar-refractivity contribution >= 4 is 0 Å². The minimum absolute atomic E-state index is 0.154. The van der Waals surface area contributed by atoms with Gasteiger partial charge in [-0.1, -0.05) is 74.4 Å². The van der Waals surface area contributed by atoms with Gasteiger partial charge in [0.1, 0.15) is 0 Å². The Bertz CT molecular complexity index is 465. The van der Waals surface area contributed by atoms with Crippen molar-refractivity contribution in [2.45, 2.75) is 53.4 Å². The molecule has 0 aromatic heterocycles. The summed E-state index contributed by atoms with van der Waals surface area (Å²) in [4.78, 5) is 0. The molecule has 21 heavy (non-hydrogen) atoms. The SMILES string of the molecule is CC(/C=C/C=C(/C=C/C1=CCCCC1)C(C)(C)C)=C\CN. The summed E-state index contributed by atoms with van der Waals surface area (Å²) in [5.41, 5.74) is 9.72. The Morgan fingerprint density at radius 2 is 2.00 bits per heavy atom. The zero-order chi connectivity index (χ0) is 15.7. The predicted octanol–water partition coefficient (Wildman–Crippen LogP) is 5.48. The van der Waals surface area contributed by atoms with Crippen LogP contribution in [0, 0.1) is 5.41 Å². The van der Waals surface area contributed by atoms with Crippen LogP contribution in [0.25, 0.3) is 0 Å². The minimum atomic E-state index is 0.154. The van der Waals surface area contributed by atoms with Crippen molar-refractivity contribution < 1.29 is 0 Å². The zero-order valence-electron chi connectivity index (χ0n) is 14.2.